The van der Waals surface area contributed by atoms with Crippen molar-refractivity contribution < 1.29 is 0 Å². The van der Waals surface area contributed by atoms with E-state index in [4.69, 9.17) is 0 Å². The molecule has 29 heavy (non-hydrogen) atoms. The first-order chi connectivity index (χ1) is 13.9. The minimum absolute atomic E-state index is 0.228. The van der Waals surface area contributed by atoms with Crippen LogP contribution in [-0.4, -0.2) is 68.6 Å². The number of likely N-dealkylation sites (N-methyl/N-ethyl adjacent to an activating group) is 1. The van der Waals surface area contributed by atoms with Crippen molar-refractivity contribution in [2.45, 2.75) is 47.1 Å². The quantitative estimate of drug-likeness (QED) is 0.492. The molecule has 5 heteroatoms. The van der Waals surface area contributed by atoms with Crippen LogP contribution in [0.5, 0.6) is 0 Å². The molecular formula is C24H43N5. The number of aliphatic imine (C=N–C) groups is 1. The van der Waals surface area contributed by atoms with Crippen molar-refractivity contribution in [2.75, 3.05) is 52.9 Å². The van der Waals surface area contributed by atoms with Gasteiger partial charge in [0.05, 0.1) is 6.04 Å². The molecule has 164 valence electrons. The summed E-state index contributed by atoms with van der Waals surface area (Å²) >= 11 is 0. The van der Waals surface area contributed by atoms with Crippen molar-refractivity contribution in [3.8, 4) is 0 Å². The molecule has 0 bridgehead atoms. The largest absolute Gasteiger partial charge is 0.356 e. The Labute approximate surface area is 179 Å². The van der Waals surface area contributed by atoms with Gasteiger partial charge in [-0.2, -0.15) is 0 Å². The molecule has 0 amide bonds. The zero-order valence-corrected chi connectivity index (χ0v) is 19.5. The van der Waals surface area contributed by atoms with Crippen LogP contribution >= 0.6 is 0 Å². The molecule has 1 aromatic carbocycles. The number of hydrogen-bond acceptors (Lipinski definition) is 3. The van der Waals surface area contributed by atoms with Gasteiger partial charge < -0.3 is 20.4 Å². The zero-order valence-electron chi connectivity index (χ0n) is 19.5. The molecule has 1 aromatic rings. The van der Waals surface area contributed by atoms with Crippen LogP contribution in [-0.2, 0) is 6.42 Å². The van der Waals surface area contributed by atoms with Crippen LogP contribution < -0.4 is 10.6 Å². The molecule has 1 heterocycles. The summed E-state index contributed by atoms with van der Waals surface area (Å²) in [5.74, 6) is 2.16. The van der Waals surface area contributed by atoms with Crippen LogP contribution in [0, 0.1) is 11.8 Å². The molecule has 2 N–H and O–H groups in total. The first-order valence-electron chi connectivity index (χ1n) is 11.4. The summed E-state index contributed by atoms with van der Waals surface area (Å²) in [6.07, 6.45) is 1.14. The minimum atomic E-state index is 0.228. The van der Waals surface area contributed by atoms with E-state index in [9.17, 15) is 0 Å². The second kappa shape index (κ2) is 12.2. The number of hydrogen-bond donors (Lipinski definition) is 2. The van der Waals surface area contributed by atoms with Gasteiger partial charge >= 0.3 is 0 Å². The molecule has 1 aliphatic rings. The van der Waals surface area contributed by atoms with Crippen molar-refractivity contribution >= 4 is 5.96 Å². The number of rotatable bonds is 9. The standard InChI is InChI=1S/C24H43N5/c1-7-28-12-14-29(15-13-28)18-20(4)17-26-24(25-6)27-21(5)23-10-8-22(9-11-23)16-19(2)3/h8-11,19-21H,7,12-18H2,1-6H3,(H2,25,26,27). The normalized spacial score (nSPS) is 18.7. The van der Waals surface area contributed by atoms with Crippen LogP contribution in [0.15, 0.2) is 29.3 Å². The Morgan fingerprint density at radius 3 is 2.17 bits per heavy atom. The summed E-state index contributed by atoms with van der Waals surface area (Å²) in [7, 11) is 1.85. The lowest BCUT2D eigenvalue weighted by Crippen LogP contribution is -2.48. The predicted molar refractivity (Wildman–Crippen MR) is 126 cm³/mol. The summed E-state index contributed by atoms with van der Waals surface area (Å²) in [5.41, 5.74) is 2.70. The van der Waals surface area contributed by atoms with Crippen LogP contribution in [0.2, 0.25) is 0 Å². The molecule has 0 aliphatic carbocycles. The van der Waals surface area contributed by atoms with Gasteiger partial charge in [-0.25, -0.2) is 0 Å². The minimum Gasteiger partial charge on any atom is -0.356 e. The Balaban J connectivity index is 1.75. The SMILES string of the molecule is CCN1CCN(CC(C)CNC(=NC)NC(C)c2ccc(CC(C)C)cc2)CC1. The molecule has 0 aromatic heterocycles. The molecule has 2 unspecified atom stereocenters. The Bertz CT molecular complexity index is 602. The third-order valence-electron chi connectivity index (χ3n) is 5.80. The lowest BCUT2D eigenvalue weighted by atomic mass is 10.00. The van der Waals surface area contributed by atoms with E-state index in [0.717, 1.165) is 25.5 Å². The topological polar surface area (TPSA) is 42.9 Å². The number of piperazine rings is 1. The third kappa shape index (κ3) is 8.35. The molecule has 0 spiro atoms. The maximum absolute atomic E-state index is 4.42. The summed E-state index contributed by atoms with van der Waals surface area (Å²) in [6.45, 7) is 19.3. The monoisotopic (exact) mass is 401 g/mol. The second-order valence-electron chi connectivity index (χ2n) is 9.00. The highest BCUT2D eigenvalue weighted by Gasteiger charge is 2.17. The number of benzene rings is 1. The molecule has 1 aliphatic heterocycles. The van der Waals surface area contributed by atoms with Gasteiger partial charge in [-0.05, 0) is 42.9 Å². The van der Waals surface area contributed by atoms with E-state index in [1.54, 1.807) is 0 Å². The van der Waals surface area contributed by atoms with Gasteiger partial charge in [0.15, 0.2) is 5.96 Å². The van der Waals surface area contributed by atoms with E-state index in [2.05, 4.69) is 84.3 Å². The van der Waals surface area contributed by atoms with Gasteiger partial charge in [0.2, 0.25) is 0 Å². The van der Waals surface area contributed by atoms with E-state index in [-0.39, 0.29) is 6.04 Å². The molecule has 0 saturated carbocycles. The number of nitrogens with one attached hydrogen (secondary N) is 2. The molecule has 0 radical (unpaired) electrons. The molecule has 2 rings (SSSR count). The number of guanidine groups is 1. The molecule has 2 atom stereocenters. The Morgan fingerprint density at radius 2 is 1.62 bits per heavy atom. The first-order valence-corrected chi connectivity index (χ1v) is 11.4. The van der Waals surface area contributed by atoms with Crippen LogP contribution in [0.25, 0.3) is 0 Å². The maximum Gasteiger partial charge on any atom is 0.191 e. The average molecular weight is 402 g/mol. The van der Waals surface area contributed by atoms with Gasteiger partial charge in [0.25, 0.3) is 0 Å². The van der Waals surface area contributed by atoms with E-state index >= 15 is 0 Å². The second-order valence-corrected chi connectivity index (χ2v) is 9.00. The molecule has 1 fully saturated rings. The molecule has 1 saturated heterocycles. The zero-order chi connectivity index (χ0) is 21.2. The van der Waals surface area contributed by atoms with Crippen LogP contribution in [0.1, 0.15) is 51.8 Å². The van der Waals surface area contributed by atoms with E-state index in [0.29, 0.717) is 11.8 Å². The highest BCUT2D eigenvalue weighted by molar-refractivity contribution is 5.80. The smallest absolute Gasteiger partial charge is 0.191 e. The maximum atomic E-state index is 4.42. The molecule has 5 nitrogen and oxygen atoms in total. The Morgan fingerprint density at radius 1 is 1.00 bits per heavy atom. The summed E-state index contributed by atoms with van der Waals surface area (Å²) in [5, 5.41) is 7.05. The van der Waals surface area contributed by atoms with Gasteiger partial charge in [0, 0.05) is 46.3 Å². The van der Waals surface area contributed by atoms with E-state index in [1.807, 2.05) is 7.05 Å². The highest BCUT2D eigenvalue weighted by atomic mass is 15.3. The van der Waals surface area contributed by atoms with Gasteiger partial charge in [-0.15, -0.1) is 0 Å². The highest BCUT2D eigenvalue weighted by Crippen LogP contribution is 2.15. The van der Waals surface area contributed by atoms with E-state index < -0.39 is 0 Å². The van der Waals surface area contributed by atoms with Crippen molar-refractivity contribution in [1.82, 2.24) is 20.4 Å². The van der Waals surface area contributed by atoms with E-state index in [1.165, 1.54) is 43.9 Å². The molecular weight excluding hydrogens is 358 g/mol. The van der Waals surface area contributed by atoms with Crippen LogP contribution in [0.4, 0.5) is 0 Å². The van der Waals surface area contributed by atoms with Gasteiger partial charge in [0.1, 0.15) is 0 Å². The number of nitrogens with zero attached hydrogens (tertiary/aromatic N) is 3. The summed E-state index contributed by atoms with van der Waals surface area (Å²) in [6, 6.07) is 9.21. The van der Waals surface area contributed by atoms with Crippen molar-refractivity contribution in [3.63, 3.8) is 0 Å². The van der Waals surface area contributed by atoms with Gasteiger partial charge in [-0.3, -0.25) is 4.99 Å². The predicted octanol–water partition coefficient (Wildman–Crippen LogP) is 3.38. The summed E-state index contributed by atoms with van der Waals surface area (Å²) < 4.78 is 0. The average Bonchev–Trinajstić information content (AvgIpc) is 2.71. The lowest BCUT2D eigenvalue weighted by molar-refractivity contribution is 0.124. The van der Waals surface area contributed by atoms with Crippen molar-refractivity contribution in [3.05, 3.63) is 35.4 Å². The fourth-order valence-corrected chi connectivity index (χ4v) is 3.96. The van der Waals surface area contributed by atoms with Crippen LogP contribution in [0.3, 0.4) is 0 Å². The van der Waals surface area contributed by atoms with Gasteiger partial charge in [-0.1, -0.05) is 52.0 Å². The fraction of sp³-hybridized carbons (Fsp3) is 0.708. The fourth-order valence-electron chi connectivity index (χ4n) is 3.96. The lowest BCUT2D eigenvalue weighted by Gasteiger charge is -2.35. The van der Waals surface area contributed by atoms with Crippen molar-refractivity contribution in [1.29, 1.82) is 0 Å². The Kier molecular flexibility index (Phi) is 9.95. The van der Waals surface area contributed by atoms with Crippen molar-refractivity contribution in [2.24, 2.45) is 16.8 Å². The summed E-state index contributed by atoms with van der Waals surface area (Å²) in [4.78, 5) is 9.55. The third-order valence-corrected chi connectivity index (χ3v) is 5.80. The first kappa shape index (κ1) is 23.7. The Hall–Kier alpha value is -1.59.